The Hall–Kier alpha value is -3.60. The molecule has 1 amide bonds. The lowest BCUT2D eigenvalue weighted by molar-refractivity contribution is 0.00356. The summed E-state index contributed by atoms with van der Waals surface area (Å²) in [6.07, 6.45) is 1.80. The topological polar surface area (TPSA) is 98.2 Å². The van der Waals surface area contributed by atoms with Gasteiger partial charge in [0.25, 0.3) is 5.91 Å². The number of morpholine rings is 1. The minimum Gasteiger partial charge on any atom is -0.383 e. The fourth-order valence-electron chi connectivity index (χ4n) is 4.89. The zero-order valence-electron chi connectivity index (χ0n) is 21.0. The van der Waals surface area contributed by atoms with Crippen LogP contribution in [-0.2, 0) is 16.0 Å². The van der Waals surface area contributed by atoms with Gasteiger partial charge < -0.3 is 23.9 Å². The predicted molar refractivity (Wildman–Crippen MR) is 144 cm³/mol. The fraction of sp³-hybridized carbons (Fsp3) is 0.333. The number of hydrogen-bond acceptors (Lipinski definition) is 7. The lowest BCUT2D eigenvalue weighted by Crippen LogP contribution is -2.47. The van der Waals surface area contributed by atoms with E-state index in [1.54, 1.807) is 24.6 Å². The molecule has 190 valence electrons. The fourth-order valence-corrected chi connectivity index (χ4v) is 5.55. The molecule has 9 nitrogen and oxygen atoms in total. The third-order valence-corrected chi connectivity index (χ3v) is 7.70. The zero-order valence-corrected chi connectivity index (χ0v) is 21.8. The Balaban J connectivity index is 1.41. The van der Waals surface area contributed by atoms with Gasteiger partial charge in [0.2, 0.25) is 0 Å². The molecule has 1 aliphatic rings. The molecule has 0 spiro atoms. The number of thiazole rings is 1. The molecule has 10 heteroatoms. The van der Waals surface area contributed by atoms with Gasteiger partial charge in [-0.05, 0) is 49.7 Å². The Morgan fingerprint density at radius 1 is 1.24 bits per heavy atom. The van der Waals surface area contributed by atoms with Crippen LogP contribution in [0.4, 0.5) is 0 Å². The summed E-state index contributed by atoms with van der Waals surface area (Å²) in [5, 5.41) is 0. The highest BCUT2D eigenvalue weighted by molar-refractivity contribution is 7.16. The average Bonchev–Trinajstić information content (AvgIpc) is 3.65. The zero-order chi connectivity index (χ0) is 25.5. The van der Waals surface area contributed by atoms with Crippen LogP contribution < -0.4 is 0 Å². The predicted octanol–water partition coefficient (Wildman–Crippen LogP) is 4.52. The number of hydrogen-bond donors (Lipinski definition) is 1. The van der Waals surface area contributed by atoms with Crippen LogP contribution >= 0.6 is 11.3 Å². The molecule has 1 saturated heterocycles. The molecule has 0 aliphatic carbocycles. The van der Waals surface area contributed by atoms with Crippen molar-refractivity contribution in [3.63, 3.8) is 0 Å². The summed E-state index contributed by atoms with van der Waals surface area (Å²) in [7, 11) is 1.69. The number of imidazole rings is 2. The first-order valence-electron chi connectivity index (χ1n) is 12.3. The Morgan fingerprint density at radius 3 is 2.97 bits per heavy atom. The second-order valence-electron chi connectivity index (χ2n) is 9.34. The third kappa shape index (κ3) is 4.30. The van der Waals surface area contributed by atoms with E-state index in [4.69, 9.17) is 14.5 Å². The van der Waals surface area contributed by atoms with E-state index in [0.717, 1.165) is 49.7 Å². The van der Waals surface area contributed by atoms with Crippen LogP contribution in [0.5, 0.6) is 0 Å². The van der Waals surface area contributed by atoms with E-state index in [1.807, 2.05) is 48.5 Å². The van der Waals surface area contributed by atoms with E-state index in [9.17, 15) is 4.79 Å². The van der Waals surface area contributed by atoms with Gasteiger partial charge in [0.05, 0.1) is 58.8 Å². The number of amides is 1. The minimum absolute atomic E-state index is 0.0180. The number of aromatic amines is 1. The first-order valence-corrected chi connectivity index (χ1v) is 13.2. The number of carbonyl (C=O) groups is 1. The van der Waals surface area contributed by atoms with Gasteiger partial charge in [-0.1, -0.05) is 0 Å². The second-order valence-corrected chi connectivity index (χ2v) is 10.2. The normalized spacial score (nSPS) is 16.2. The van der Waals surface area contributed by atoms with E-state index in [-0.39, 0.29) is 11.9 Å². The first-order chi connectivity index (χ1) is 18.0. The highest BCUT2D eigenvalue weighted by Gasteiger charge is 2.27. The van der Waals surface area contributed by atoms with Gasteiger partial charge in [-0.3, -0.25) is 4.79 Å². The van der Waals surface area contributed by atoms with Crippen molar-refractivity contribution in [1.82, 2.24) is 29.4 Å². The van der Waals surface area contributed by atoms with Crippen LogP contribution in [0.15, 0.2) is 42.0 Å². The van der Waals surface area contributed by atoms with Gasteiger partial charge in [-0.15, -0.1) is 11.3 Å². The van der Waals surface area contributed by atoms with E-state index in [1.165, 1.54) is 0 Å². The van der Waals surface area contributed by atoms with E-state index < -0.39 is 0 Å². The standard InChI is InChI=1S/C27H28N6O3S/c1-16-10-23-20(12-19(16)27(34)32-7-9-36-14-17(32)2)31-26(33(23)6-8-35-3)22-13-28-25(30-22)18-4-5-24-21(11-18)29-15-37-24/h4-5,10-13,15,17H,6-9,14H2,1-3H3,(H,28,30)/t17-/m0/s1. The largest absolute Gasteiger partial charge is 0.383 e. The number of carbonyl (C=O) groups excluding carboxylic acids is 1. The van der Waals surface area contributed by atoms with Gasteiger partial charge in [0.1, 0.15) is 11.5 Å². The molecule has 6 rings (SSSR count). The molecular weight excluding hydrogens is 488 g/mol. The van der Waals surface area contributed by atoms with Gasteiger partial charge >= 0.3 is 0 Å². The highest BCUT2D eigenvalue weighted by atomic mass is 32.1. The summed E-state index contributed by atoms with van der Waals surface area (Å²) in [6.45, 7) is 6.86. The van der Waals surface area contributed by atoms with Crippen molar-refractivity contribution < 1.29 is 14.3 Å². The maximum atomic E-state index is 13.4. The summed E-state index contributed by atoms with van der Waals surface area (Å²) in [5.41, 5.74) is 7.88. The number of benzene rings is 2. The Labute approximate surface area is 218 Å². The van der Waals surface area contributed by atoms with Crippen LogP contribution in [-0.4, -0.2) is 74.8 Å². The SMILES string of the molecule is COCCn1c(-c2cnc(-c3ccc4scnc4c3)[nH]2)nc2cc(C(=O)N3CCOC[C@@H]3C)c(C)cc21. The van der Waals surface area contributed by atoms with Crippen molar-refractivity contribution in [2.75, 3.05) is 33.5 Å². The van der Waals surface area contributed by atoms with Crippen molar-refractivity contribution in [1.29, 1.82) is 0 Å². The molecule has 0 saturated carbocycles. The average molecular weight is 517 g/mol. The molecule has 0 unspecified atom stereocenters. The number of rotatable bonds is 6. The Kier molecular flexibility index (Phi) is 6.23. The highest BCUT2D eigenvalue weighted by Crippen LogP contribution is 2.30. The van der Waals surface area contributed by atoms with Crippen molar-refractivity contribution in [3.8, 4) is 22.9 Å². The van der Waals surface area contributed by atoms with Gasteiger partial charge in [-0.2, -0.15) is 0 Å². The molecule has 1 aliphatic heterocycles. The van der Waals surface area contributed by atoms with E-state index in [0.29, 0.717) is 38.5 Å². The Bertz CT molecular complexity index is 1600. The van der Waals surface area contributed by atoms with Gasteiger partial charge in [0.15, 0.2) is 5.82 Å². The number of ether oxygens (including phenoxy) is 2. The third-order valence-electron chi connectivity index (χ3n) is 6.89. The number of methoxy groups -OCH3 is 1. The molecule has 37 heavy (non-hydrogen) atoms. The van der Waals surface area contributed by atoms with E-state index >= 15 is 0 Å². The second kappa shape index (κ2) is 9.70. The first kappa shape index (κ1) is 23.8. The molecular formula is C27H28N6O3S. The summed E-state index contributed by atoms with van der Waals surface area (Å²) < 4.78 is 14.2. The number of H-pyrrole nitrogens is 1. The minimum atomic E-state index is 0.0180. The molecule has 2 aromatic carbocycles. The van der Waals surface area contributed by atoms with Crippen LogP contribution in [0.2, 0.25) is 0 Å². The molecule has 1 N–H and O–H groups in total. The molecule has 4 heterocycles. The Morgan fingerprint density at radius 2 is 2.14 bits per heavy atom. The quantitative estimate of drug-likeness (QED) is 0.356. The van der Waals surface area contributed by atoms with Crippen molar-refractivity contribution >= 4 is 38.5 Å². The lowest BCUT2D eigenvalue weighted by atomic mass is 10.0. The van der Waals surface area contributed by atoms with E-state index in [2.05, 4.69) is 25.6 Å². The van der Waals surface area contributed by atoms with Crippen LogP contribution in [0.3, 0.4) is 0 Å². The summed E-state index contributed by atoms with van der Waals surface area (Å²) in [5.74, 6) is 1.53. The maximum Gasteiger partial charge on any atom is 0.254 e. The number of aromatic nitrogens is 5. The van der Waals surface area contributed by atoms with Crippen LogP contribution in [0.1, 0.15) is 22.8 Å². The summed E-state index contributed by atoms with van der Waals surface area (Å²) >= 11 is 1.62. The van der Waals surface area contributed by atoms with Crippen molar-refractivity contribution in [2.45, 2.75) is 26.4 Å². The summed E-state index contributed by atoms with van der Waals surface area (Å²) in [6, 6.07) is 10.1. The molecule has 5 aromatic rings. The molecule has 1 fully saturated rings. The van der Waals surface area contributed by atoms with Crippen LogP contribution in [0, 0.1) is 6.92 Å². The number of aryl methyl sites for hydroxylation is 1. The van der Waals surface area contributed by atoms with Crippen molar-refractivity contribution in [2.24, 2.45) is 0 Å². The lowest BCUT2D eigenvalue weighted by Gasteiger charge is -2.33. The van der Waals surface area contributed by atoms with Crippen molar-refractivity contribution in [3.05, 3.63) is 53.2 Å². The molecule has 0 radical (unpaired) electrons. The van der Waals surface area contributed by atoms with Gasteiger partial charge in [-0.25, -0.2) is 15.0 Å². The molecule has 3 aromatic heterocycles. The number of nitrogens with zero attached hydrogens (tertiary/aromatic N) is 5. The maximum absolute atomic E-state index is 13.4. The molecule has 1 atom stereocenters. The molecule has 0 bridgehead atoms. The smallest absolute Gasteiger partial charge is 0.254 e. The number of nitrogens with one attached hydrogen (secondary N) is 1. The van der Waals surface area contributed by atoms with Gasteiger partial charge in [0, 0.05) is 31.3 Å². The van der Waals surface area contributed by atoms with Crippen LogP contribution in [0.25, 0.3) is 44.2 Å². The summed E-state index contributed by atoms with van der Waals surface area (Å²) in [4.78, 5) is 32.8. The monoisotopic (exact) mass is 516 g/mol. The number of fused-ring (bicyclic) bond motifs is 2.